The standard InChI is InChI=1S/C11H17O3/c1-2-3-4-7-11(14-10-13)8-5-6-9-12/h5-6,8-11H,2-4,7H2,1H3. The third kappa shape index (κ3) is 7.77. The molecule has 0 rings (SSSR count). The zero-order chi connectivity index (χ0) is 10.6. The van der Waals surface area contributed by atoms with E-state index in [1.165, 1.54) is 6.42 Å². The Morgan fingerprint density at radius 1 is 1.21 bits per heavy atom. The molecule has 1 unspecified atom stereocenters. The predicted molar refractivity (Wildman–Crippen MR) is 54.0 cm³/mol. The molecule has 3 radical (unpaired) electrons. The van der Waals surface area contributed by atoms with Crippen LogP contribution in [0, 0.1) is 19.3 Å². The normalized spacial score (nSPS) is 12.1. The molecule has 79 valence electrons. The second-order valence-electron chi connectivity index (χ2n) is 2.98. The molecule has 0 fully saturated rings. The van der Waals surface area contributed by atoms with Gasteiger partial charge in [0.15, 0.2) is 0 Å². The van der Waals surface area contributed by atoms with Crippen LogP contribution in [0.2, 0.25) is 0 Å². The van der Waals surface area contributed by atoms with E-state index < -0.39 is 0 Å². The lowest BCUT2D eigenvalue weighted by molar-refractivity contribution is -0.132. The molecule has 0 heterocycles. The van der Waals surface area contributed by atoms with E-state index in [1.807, 2.05) is 0 Å². The maximum Gasteiger partial charge on any atom is 0.293 e. The molecule has 3 heteroatoms. The van der Waals surface area contributed by atoms with E-state index in [-0.39, 0.29) is 6.10 Å². The Hall–Kier alpha value is -0.860. The topological polar surface area (TPSA) is 43.4 Å². The lowest BCUT2D eigenvalue weighted by Gasteiger charge is -2.13. The van der Waals surface area contributed by atoms with Gasteiger partial charge in [-0.1, -0.05) is 19.8 Å². The molecular formula is C11H17O3. The molecule has 0 aliphatic carbocycles. The minimum absolute atomic E-state index is 0.199. The van der Waals surface area contributed by atoms with Crippen LogP contribution in [0.25, 0.3) is 0 Å². The number of hydrogen-bond donors (Lipinski definition) is 0. The highest BCUT2D eigenvalue weighted by atomic mass is 16.5. The lowest BCUT2D eigenvalue weighted by Crippen LogP contribution is -2.13. The van der Waals surface area contributed by atoms with Gasteiger partial charge in [0.25, 0.3) is 6.47 Å². The Labute approximate surface area is 85.8 Å². The number of hydrogen-bond acceptors (Lipinski definition) is 3. The molecule has 0 saturated heterocycles. The second-order valence-corrected chi connectivity index (χ2v) is 2.98. The first-order chi connectivity index (χ1) is 6.85. The highest BCUT2D eigenvalue weighted by Crippen LogP contribution is 2.10. The van der Waals surface area contributed by atoms with Crippen molar-refractivity contribution in [2.75, 3.05) is 0 Å². The fourth-order valence-electron chi connectivity index (χ4n) is 1.11. The third-order valence-corrected chi connectivity index (χ3v) is 1.84. The average molecular weight is 197 g/mol. The van der Waals surface area contributed by atoms with Gasteiger partial charge in [-0.3, -0.25) is 4.79 Å². The van der Waals surface area contributed by atoms with Crippen molar-refractivity contribution in [3.05, 3.63) is 19.3 Å². The van der Waals surface area contributed by atoms with Crippen LogP contribution in [0.15, 0.2) is 0 Å². The van der Waals surface area contributed by atoms with E-state index in [0.717, 1.165) is 25.7 Å². The maximum absolute atomic E-state index is 10.1. The van der Waals surface area contributed by atoms with E-state index in [0.29, 0.717) is 12.8 Å². The fraction of sp³-hybridized carbons (Fsp3) is 0.545. The Morgan fingerprint density at radius 2 is 2.00 bits per heavy atom. The summed E-state index contributed by atoms with van der Waals surface area (Å²) < 4.78 is 4.83. The molecule has 0 spiro atoms. The van der Waals surface area contributed by atoms with Gasteiger partial charge in [0.05, 0.1) is 0 Å². The van der Waals surface area contributed by atoms with E-state index in [1.54, 1.807) is 12.8 Å². The van der Waals surface area contributed by atoms with Crippen molar-refractivity contribution in [2.45, 2.75) is 38.7 Å². The number of carbonyl (C=O) groups is 2. The monoisotopic (exact) mass is 197 g/mol. The predicted octanol–water partition coefficient (Wildman–Crippen LogP) is 1.92. The van der Waals surface area contributed by atoms with Crippen LogP contribution in [0.1, 0.15) is 32.6 Å². The Bertz CT molecular complexity index is 145. The molecule has 0 aromatic carbocycles. The summed E-state index contributed by atoms with van der Waals surface area (Å²) in [6.45, 7) is 2.56. The van der Waals surface area contributed by atoms with Gasteiger partial charge in [-0.25, -0.2) is 0 Å². The quantitative estimate of drug-likeness (QED) is 0.397. The van der Waals surface area contributed by atoms with Crippen molar-refractivity contribution in [1.29, 1.82) is 0 Å². The third-order valence-electron chi connectivity index (χ3n) is 1.84. The number of carbonyl (C=O) groups excluding carboxylic acids is 2. The van der Waals surface area contributed by atoms with Crippen LogP contribution in [-0.2, 0) is 14.3 Å². The van der Waals surface area contributed by atoms with Crippen molar-refractivity contribution in [1.82, 2.24) is 0 Å². The Balaban J connectivity index is 3.53. The van der Waals surface area contributed by atoms with Crippen molar-refractivity contribution in [3.63, 3.8) is 0 Å². The molecule has 3 nitrogen and oxygen atoms in total. The Kier molecular flexibility index (Phi) is 9.59. The molecule has 0 amide bonds. The molecular weight excluding hydrogens is 180 g/mol. The van der Waals surface area contributed by atoms with Crippen molar-refractivity contribution >= 4 is 12.8 Å². The highest BCUT2D eigenvalue weighted by molar-refractivity contribution is 5.64. The number of aldehydes is 1. The van der Waals surface area contributed by atoms with Gasteiger partial charge >= 0.3 is 0 Å². The lowest BCUT2D eigenvalue weighted by atomic mass is 10.1. The summed E-state index contributed by atoms with van der Waals surface area (Å²) in [6, 6.07) is 0. The maximum atomic E-state index is 10.1. The Morgan fingerprint density at radius 3 is 2.57 bits per heavy atom. The molecule has 14 heavy (non-hydrogen) atoms. The van der Waals surface area contributed by atoms with Crippen LogP contribution in [0.4, 0.5) is 0 Å². The van der Waals surface area contributed by atoms with Gasteiger partial charge in [0.1, 0.15) is 12.4 Å². The molecule has 0 aromatic rings. The fourth-order valence-corrected chi connectivity index (χ4v) is 1.11. The summed E-state index contributed by atoms with van der Waals surface area (Å²) in [5, 5.41) is 0. The van der Waals surface area contributed by atoms with Gasteiger partial charge in [-0.15, -0.1) is 0 Å². The van der Waals surface area contributed by atoms with E-state index in [9.17, 15) is 9.59 Å². The average Bonchev–Trinajstić information content (AvgIpc) is 2.18. The van der Waals surface area contributed by atoms with Gasteiger partial charge in [-0.05, 0) is 19.3 Å². The van der Waals surface area contributed by atoms with Crippen molar-refractivity contribution < 1.29 is 14.3 Å². The van der Waals surface area contributed by atoms with Crippen LogP contribution in [-0.4, -0.2) is 18.9 Å². The summed E-state index contributed by atoms with van der Waals surface area (Å²) in [7, 11) is 0. The molecule has 1 atom stereocenters. The summed E-state index contributed by atoms with van der Waals surface area (Å²) in [4.78, 5) is 20.1. The summed E-state index contributed by atoms with van der Waals surface area (Å²) in [6.07, 6.45) is 9.31. The summed E-state index contributed by atoms with van der Waals surface area (Å²) >= 11 is 0. The molecule has 0 aromatic heterocycles. The second kappa shape index (κ2) is 10.2. The summed E-state index contributed by atoms with van der Waals surface area (Å²) in [5.41, 5.74) is 0. The van der Waals surface area contributed by atoms with Crippen molar-refractivity contribution in [3.8, 4) is 0 Å². The highest BCUT2D eigenvalue weighted by Gasteiger charge is 2.08. The molecule has 0 saturated carbocycles. The van der Waals surface area contributed by atoms with Crippen LogP contribution in [0.3, 0.4) is 0 Å². The molecule has 0 aliphatic heterocycles. The van der Waals surface area contributed by atoms with E-state index in [2.05, 4.69) is 6.92 Å². The minimum Gasteiger partial charge on any atom is -0.464 e. The minimum atomic E-state index is -0.199. The van der Waals surface area contributed by atoms with Crippen LogP contribution in [0.5, 0.6) is 0 Å². The van der Waals surface area contributed by atoms with Gasteiger partial charge in [-0.2, -0.15) is 0 Å². The van der Waals surface area contributed by atoms with Gasteiger partial charge in [0.2, 0.25) is 0 Å². The SMILES string of the molecule is CCCCCC([CH][CH][CH]C=O)OC=O. The zero-order valence-electron chi connectivity index (χ0n) is 8.52. The first-order valence-corrected chi connectivity index (χ1v) is 4.89. The van der Waals surface area contributed by atoms with Gasteiger partial charge < -0.3 is 9.53 Å². The largest absolute Gasteiger partial charge is 0.464 e. The number of unbranched alkanes of at least 4 members (excludes halogenated alkanes) is 3. The summed E-state index contributed by atoms with van der Waals surface area (Å²) in [5.74, 6) is 0. The first-order valence-electron chi connectivity index (χ1n) is 4.89. The van der Waals surface area contributed by atoms with Crippen molar-refractivity contribution in [2.24, 2.45) is 0 Å². The molecule has 0 bridgehead atoms. The van der Waals surface area contributed by atoms with E-state index >= 15 is 0 Å². The first kappa shape index (κ1) is 13.1. The van der Waals surface area contributed by atoms with Crippen LogP contribution < -0.4 is 0 Å². The number of ether oxygens (including phenoxy) is 1. The zero-order valence-corrected chi connectivity index (χ0v) is 8.52. The molecule has 0 aliphatic rings. The van der Waals surface area contributed by atoms with Gasteiger partial charge in [0, 0.05) is 12.8 Å². The molecule has 0 N–H and O–H groups in total. The van der Waals surface area contributed by atoms with E-state index in [4.69, 9.17) is 4.74 Å². The number of rotatable bonds is 10. The smallest absolute Gasteiger partial charge is 0.293 e. The van der Waals surface area contributed by atoms with Crippen LogP contribution >= 0.6 is 0 Å².